The van der Waals surface area contributed by atoms with Gasteiger partial charge in [0, 0.05) is 13.0 Å². The van der Waals surface area contributed by atoms with E-state index < -0.39 is 0 Å². The van der Waals surface area contributed by atoms with Crippen LogP contribution in [0.3, 0.4) is 0 Å². The fourth-order valence-electron chi connectivity index (χ4n) is 3.58. The van der Waals surface area contributed by atoms with Crippen molar-refractivity contribution in [2.75, 3.05) is 20.2 Å². The number of carbonyl (C=O) groups excluding carboxylic acids is 2. The molecule has 2 bridgehead atoms. The number of rotatable bonds is 5. The molecule has 2 saturated carbocycles. The zero-order valence-corrected chi connectivity index (χ0v) is 11.4. The smallest absolute Gasteiger partial charge is 0.325 e. The molecule has 1 amide bonds. The summed E-state index contributed by atoms with van der Waals surface area (Å²) in [6, 6.07) is 0. The SMILES string of the molecule is CCN(CC(=O)OC)C(=O)CC1CC2CCC1C2. The Morgan fingerprint density at radius 1 is 1.28 bits per heavy atom. The number of likely N-dealkylation sites (N-methyl/N-ethyl adjacent to an activating group) is 1. The molecule has 0 heterocycles. The molecule has 4 nitrogen and oxygen atoms in total. The Balaban J connectivity index is 1.84. The van der Waals surface area contributed by atoms with Crippen LogP contribution in [0.2, 0.25) is 0 Å². The first-order valence-electron chi connectivity index (χ1n) is 6.98. The quantitative estimate of drug-likeness (QED) is 0.702. The lowest BCUT2D eigenvalue weighted by Gasteiger charge is -2.25. The van der Waals surface area contributed by atoms with Crippen LogP contribution in [0.4, 0.5) is 0 Å². The normalized spacial score (nSPS) is 29.3. The van der Waals surface area contributed by atoms with Crippen molar-refractivity contribution in [3.8, 4) is 0 Å². The van der Waals surface area contributed by atoms with Crippen LogP contribution in [0.15, 0.2) is 0 Å². The van der Waals surface area contributed by atoms with E-state index in [1.54, 1.807) is 4.90 Å². The minimum atomic E-state index is -0.335. The Morgan fingerprint density at radius 2 is 2.06 bits per heavy atom. The molecule has 0 aliphatic heterocycles. The zero-order valence-electron chi connectivity index (χ0n) is 11.4. The summed E-state index contributed by atoms with van der Waals surface area (Å²) >= 11 is 0. The summed E-state index contributed by atoms with van der Waals surface area (Å²) in [7, 11) is 1.36. The summed E-state index contributed by atoms with van der Waals surface area (Å²) in [5, 5.41) is 0. The molecule has 0 spiro atoms. The van der Waals surface area contributed by atoms with Crippen LogP contribution in [0.25, 0.3) is 0 Å². The summed E-state index contributed by atoms with van der Waals surface area (Å²) < 4.78 is 4.62. The van der Waals surface area contributed by atoms with Crippen LogP contribution in [-0.2, 0) is 14.3 Å². The van der Waals surface area contributed by atoms with Crippen LogP contribution in [-0.4, -0.2) is 37.0 Å². The topological polar surface area (TPSA) is 46.6 Å². The molecule has 0 N–H and O–H groups in total. The lowest BCUT2D eigenvalue weighted by molar-refractivity contribution is -0.147. The van der Waals surface area contributed by atoms with E-state index in [0.717, 1.165) is 11.8 Å². The number of carbonyl (C=O) groups is 2. The number of methoxy groups -OCH3 is 1. The van der Waals surface area contributed by atoms with Crippen LogP contribution < -0.4 is 0 Å². The molecule has 0 radical (unpaired) electrons. The maximum Gasteiger partial charge on any atom is 0.325 e. The van der Waals surface area contributed by atoms with Gasteiger partial charge in [-0.2, -0.15) is 0 Å². The summed E-state index contributed by atoms with van der Waals surface area (Å²) in [4.78, 5) is 25.0. The highest BCUT2D eigenvalue weighted by molar-refractivity contribution is 5.82. The monoisotopic (exact) mass is 253 g/mol. The Hall–Kier alpha value is -1.06. The number of ether oxygens (including phenoxy) is 1. The molecule has 3 atom stereocenters. The molecule has 2 aliphatic carbocycles. The largest absolute Gasteiger partial charge is 0.468 e. The minimum absolute atomic E-state index is 0.0899. The standard InChI is InChI=1S/C14H23NO3/c1-3-15(9-14(17)18-2)13(16)8-12-7-10-4-5-11(12)6-10/h10-12H,3-9H2,1-2H3. The van der Waals surface area contributed by atoms with E-state index in [1.165, 1.54) is 32.8 Å². The molecule has 0 aromatic heterocycles. The summed E-state index contributed by atoms with van der Waals surface area (Å²) in [6.07, 6.45) is 5.81. The van der Waals surface area contributed by atoms with Gasteiger partial charge in [0.15, 0.2) is 0 Å². The first kappa shape index (κ1) is 13.4. The van der Waals surface area contributed by atoms with E-state index in [9.17, 15) is 9.59 Å². The summed E-state index contributed by atoms with van der Waals surface area (Å²) in [6.45, 7) is 2.57. The molecule has 18 heavy (non-hydrogen) atoms. The van der Waals surface area contributed by atoms with E-state index in [4.69, 9.17) is 0 Å². The van der Waals surface area contributed by atoms with E-state index in [1.807, 2.05) is 6.92 Å². The van der Waals surface area contributed by atoms with Crippen molar-refractivity contribution in [2.45, 2.75) is 39.0 Å². The number of esters is 1. The third kappa shape index (κ3) is 2.85. The second kappa shape index (κ2) is 5.72. The van der Waals surface area contributed by atoms with Crippen molar-refractivity contribution in [3.05, 3.63) is 0 Å². The van der Waals surface area contributed by atoms with Crippen molar-refractivity contribution >= 4 is 11.9 Å². The fourth-order valence-corrected chi connectivity index (χ4v) is 3.58. The van der Waals surface area contributed by atoms with Crippen molar-refractivity contribution in [1.82, 2.24) is 4.90 Å². The Bertz CT molecular complexity index is 329. The second-order valence-corrected chi connectivity index (χ2v) is 5.62. The highest BCUT2D eigenvalue weighted by atomic mass is 16.5. The molecule has 2 rings (SSSR count). The first-order chi connectivity index (χ1) is 8.63. The average molecular weight is 253 g/mol. The van der Waals surface area contributed by atoms with Gasteiger partial charge in [0.25, 0.3) is 0 Å². The molecular weight excluding hydrogens is 230 g/mol. The third-order valence-electron chi connectivity index (χ3n) is 4.60. The molecule has 2 aliphatic rings. The summed E-state index contributed by atoms with van der Waals surface area (Å²) in [5.41, 5.74) is 0. The van der Waals surface area contributed by atoms with E-state index in [-0.39, 0.29) is 18.4 Å². The van der Waals surface area contributed by atoms with Crippen LogP contribution in [0.5, 0.6) is 0 Å². The van der Waals surface area contributed by atoms with Gasteiger partial charge in [0.1, 0.15) is 6.54 Å². The third-order valence-corrected chi connectivity index (χ3v) is 4.60. The zero-order chi connectivity index (χ0) is 13.1. The number of hydrogen-bond donors (Lipinski definition) is 0. The van der Waals surface area contributed by atoms with Gasteiger partial charge in [0.2, 0.25) is 5.91 Å². The minimum Gasteiger partial charge on any atom is -0.468 e. The van der Waals surface area contributed by atoms with Gasteiger partial charge in [0.05, 0.1) is 7.11 Å². The molecule has 0 aromatic rings. The van der Waals surface area contributed by atoms with E-state index in [0.29, 0.717) is 18.9 Å². The van der Waals surface area contributed by atoms with Gasteiger partial charge in [-0.3, -0.25) is 9.59 Å². The van der Waals surface area contributed by atoms with E-state index in [2.05, 4.69) is 4.74 Å². The Labute approximate surface area is 109 Å². The molecule has 3 unspecified atom stereocenters. The average Bonchev–Trinajstić information content (AvgIpc) is 2.97. The van der Waals surface area contributed by atoms with Crippen LogP contribution in [0, 0.1) is 17.8 Å². The molecule has 4 heteroatoms. The van der Waals surface area contributed by atoms with Gasteiger partial charge < -0.3 is 9.64 Å². The van der Waals surface area contributed by atoms with E-state index >= 15 is 0 Å². The molecular formula is C14H23NO3. The van der Waals surface area contributed by atoms with Crippen molar-refractivity contribution in [2.24, 2.45) is 17.8 Å². The number of nitrogens with zero attached hydrogens (tertiary/aromatic N) is 1. The Morgan fingerprint density at radius 3 is 2.56 bits per heavy atom. The van der Waals surface area contributed by atoms with Gasteiger partial charge >= 0.3 is 5.97 Å². The summed E-state index contributed by atoms with van der Waals surface area (Å²) in [5.74, 6) is 1.96. The highest BCUT2D eigenvalue weighted by Gasteiger charge is 2.40. The molecule has 0 aromatic carbocycles. The lowest BCUT2D eigenvalue weighted by Crippen LogP contribution is -2.37. The molecule has 2 fully saturated rings. The maximum atomic E-state index is 12.2. The Kier molecular flexibility index (Phi) is 4.25. The molecule has 102 valence electrons. The number of hydrogen-bond acceptors (Lipinski definition) is 3. The number of amides is 1. The lowest BCUT2D eigenvalue weighted by atomic mass is 9.86. The highest BCUT2D eigenvalue weighted by Crippen LogP contribution is 2.49. The van der Waals surface area contributed by atoms with Crippen LogP contribution in [0.1, 0.15) is 39.0 Å². The fraction of sp³-hybridized carbons (Fsp3) is 0.857. The molecule has 0 saturated heterocycles. The van der Waals surface area contributed by atoms with Gasteiger partial charge in [-0.25, -0.2) is 0 Å². The predicted octanol–water partition coefficient (Wildman–Crippen LogP) is 1.83. The van der Waals surface area contributed by atoms with Crippen molar-refractivity contribution in [3.63, 3.8) is 0 Å². The van der Waals surface area contributed by atoms with Crippen LogP contribution >= 0.6 is 0 Å². The first-order valence-corrected chi connectivity index (χ1v) is 6.98. The van der Waals surface area contributed by atoms with Crippen molar-refractivity contribution in [1.29, 1.82) is 0 Å². The van der Waals surface area contributed by atoms with Crippen molar-refractivity contribution < 1.29 is 14.3 Å². The van der Waals surface area contributed by atoms with Gasteiger partial charge in [-0.15, -0.1) is 0 Å². The maximum absolute atomic E-state index is 12.2. The number of fused-ring (bicyclic) bond motifs is 2. The predicted molar refractivity (Wildman–Crippen MR) is 67.8 cm³/mol. The van der Waals surface area contributed by atoms with Gasteiger partial charge in [-0.1, -0.05) is 6.42 Å². The second-order valence-electron chi connectivity index (χ2n) is 5.62. The van der Waals surface area contributed by atoms with Gasteiger partial charge in [-0.05, 0) is 43.9 Å².